The van der Waals surface area contributed by atoms with E-state index in [1.807, 2.05) is 68.6 Å². The minimum atomic E-state index is -1.14. The normalized spacial score (nSPS) is 12.8. The molecule has 0 unspecified atom stereocenters. The summed E-state index contributed by atoms with van der Waals surface area (Å²) in [4.78, 5) is 46.5. The van der Waals surface area contributed by atoms with E-state index < -0.39 is 30.1 Å². The maximum Gasteiger partial charge on any atom is 0.408 e. The highest BCUT2D eigenvalue weighted by molar-refractivity contribution is 7.98. The SMILES string of the molecule is CC(C)C[C@H](NC(=O)OCc1ccccc1)C(=O)N[C@@H](Cc1ccccc1)C(=O)O.CSCC[C@H](N)C=O. The van der Waals surface area contributed by atoms with Gasteiger partial charge in [0.1, 0.15) is 25.0 Å². The maximum absolute atomic E-state index is 12.7. The van der Waals surface area contributed by atoms with Gasteiger partial charge in [-0.25, -0.2) is 9.59 Å². The number of nitrogens with two attached hydrogens (primary N) is 1. The first-order chi connectivity index (χ1) is 18.2. The van der Waals surface area contributed by atoms with Crippen LogP contribution >= 0.6 is 11.8 Å². The highest BCUT2D eigenvalue weighted by Crippen LogP contribution is 2.09. The summed E-state index contributed by atoms with van der Waals surface area (Å²) < 4.78 is 5.19. The molecule has 9 nitrogen and oxygen atoms in total. The molecule has 5 N–H and O–H groups in total. The van der Waals surface area contributed by atoms with Gasteiger partial charge in [-0.15, -0.1) is 0 Å². The van der Waals surface area contributed by atoms with Crippen LogP contribution in [-0.2, 0) is 32.1 Å². The maximum atomic E-state index is 12.7. The fourth-order valence-corrected chi connectivity index (χ4v) is 3.76. The number of benzene rings is 2. The van der Waals surface area contributed by atoms with Crippen molar-refractivity contribution in [2.75, 3.05) is 12.0 Å². The molecule has 2 rings (SSSR count). The Morgan fingerprint density at radius 3 is 2.05 bits per heavy atom. The Morgan fingerprint density at radius 2 is 1.55 bits per heavy atom. The fraction of sp³-hybridized carbons (Fsp3) is 0.429. The van der Waals surface area contributed by atoms with Crippen LogP contribution in [0, 0.1) is 5.92 Å². The molecular formula is C28H39N3O6S. The molecular weight excluding hydrogens is 506 g/mol. The topological polar surface area (TPSA) is 148 Å². The highest BCUT2D eigenvalue weighted by atomic mass is 32.2. The molecule has 0 heterocycles. The number of carbonyl (C=O) groups is 4. The number of alkyl carbamates (subject to hydrolysis) is 1. The van der Waals surface area contributed by atoms with Crippen LogP contribution in [-0.4, -0.2) is 59.5 Å². The van der Waals surface area contributed by atoms with Crippen LogP contribution in [0.15, 0.2) is 60.7 Å². The molecule has 0 aromatic heterocycles. The molecule has 3 atom stereocenters. The molecule has 0 aliphatic carbocycles. The predicted molar refractivity (Wildman–Crippen MR) is 150 cm³/mol. The fourth-order valence-electron chi connectivity index (χ4n) is 3.25. The minimum Gasteiger partial charge on any atom is -0.480 e. The van der Waals surface area contributed by atoms with E-state index in [-0.39, 0.29) is 25.0 Å². The molecule has 2 aromatic carbocycles. The van der Waals surface area contributed by atoms with E-state index in [0.29, 0.717) is 6.42 Å². The summed E-state index contributed by atoms with van der Waals surface area (Å²) in [5.74, 6) is -0.613. The van der Waals surface area contributed by atoms with Crippen LogP contribution in [0.25, 0.3) is 0 Å². The van der Waals surface area contributed by atoms with Gasteiger partial charge in [0, 0.05) is 6.42 Å². The van der Waals surface area contributed by atoms with Crippen molar-refractivity contribution in [3.8, 4) is 0 Å². The van der Waals surface area contributed by atoms with Gasteiger partial charge >= 0.3 is 12.1 Å². The first kappa shape index (κ1) is 32.7. The number of carbonyl (C=O) groups excluding carboxylic acids is 3. The van der Waals surface area contributed by atoms with Crippen LogP contribution in [0.1, 0.15) is 37.8 Å². The minimum absolute atomic E-state index is 0.0778. The van der Waals surface area contributed by atoms with Gasteiger partial charge in [0.25, 0.3) is 0 Å². The Hall–Kier alpha value is -3.37. The third kappa shape index (κ3) is 14.4. The van der Waals surface area contributed by atoms with Gasteiger partial charge < -0.3 is 31.0 Å². The lowest BCUT2D eigenvalue weighted by Gasteiger charge is -2.22. The van der Waals surface area contributed by atoms with E-state index in [1.54, 1.807) is 23.9 Å². The van der Waals surface area contributed by atoms with E-state index in [9.17, 15) is 24.3 Å². The number of rotatable bonds is 14. The highest BCUT2D eigenvalue weighted by Gasteiger charge is 2.27. The molecule has 0 aliphatic rings. The number of ether oxygens (including phenoxy) is 1. The quantitative estimate of drug-likeness (QED) is 0.264. The Kier molecular flexibility index (Phi) is 16.2. The van der Waals surface area contributed by atoms with Crippen molar-refractivity contribution in [3.05, 3.63) is 71.8 Å². The predicted octanol–water partition coefficient (Wildman–Crippen LogP) is 3.41. The Morgan fingerprint density at radius 1 is 0.974 bits per heavy atom. The van der Waals surface area contributed by atoms with Gasteiger partial charge in [0.2, 0.25) is 5.91 Å². The number of hydrogen-bond acceptors (Lipinski definition) is 7. The third-order valence-corrected chi connectivity index (χ3v) is 5.90. The van der Waals surface area contributed by atoms with Gasteiger partial charge in [-0.1, -0.05) is 74.5 Å². The van der Waals surface area contributed by atoms with Crippen molar-refractivity contribution >= 4 is 36.0 Å². The summed E-state index contributed by atoms with van der Waals surface area (Å²) in [6.07, 6.45) is 3.35. The largest absolute Gasteiger partial charge is 0.480 e. The monoisotopic (exact) mass is 545 g/mol. The zero-order chi connectivity index (χ0) is 28.3. The number of amides is 2. The molecule has 0 aliphatic heterocycles. The van der Waals surface area contributed by atoms with E-state index in [4.69, 9.17) is 10.5 Å². The number of hydrogen-bond donors (Lipinski definition) is 4. The van der Waals surface area contributed by atoms with Crippen LogP contribution in [0.2, 0.25) is 0 Å². The van der Waals surface area contributed by atoms with Gasteiger partial charge in [-0.05, 0) is 41.9 Å². The molecule has 2 amide bonds. The standard InChI is InChI=1S/C23H28N2O5.C5H11NOS/c1-16(2)13-19(25-23(29)30-15-18-11-7-4-8-12-18)21(26)24-20(22(27)28)14-17-9-5-3-6-10-17;1-8-3-2-5(6)4-7/h3-12,16,19-20H,13-15H2,1-2H3,(H,24,26)(H,25,29)(H,27,28);4-5H,2-3,6H2,1H3/t19-,20-;5-/m00/s1. The summed E-state index contributed by atoms with van der Waals surface area (Å²) in [5.41, 5.74) is 6.90. The van der Waals surface area contributed by atoms with E-state index in [1.165, 1.54) is 0 Å². The zero-order valence-electron chi connectivity index (χ0n) is 22.2. The Labute approximate surface area is 228 Å². The Balaban J connectivity index is 0.000000781. The lowest BCUT2D eigenvalue weighted by molar-refractivity contribution is -0.142. The molecule has 0 saturated carbocycles. The third-order valence-electron chi connectivity index (χ3n) is 5.26. The number of thioether (sulfide) groups is 1. The summed E-state index contributed by atoms with van der Waals surface area (Å²) in [7, 11) is 0. The number of carboxylic acids is 1. The van der Waals surface area contributed by atoms with Crippen molar-refractivity contribution in [2.24, 2.45) is 11.7 Å². The average Bonchev–Trinajstić information content (AvgIpc) is 2.91. The van der Waals surface area contributed by atoms with Crippen molar-refractivity contribution in [3.63, 3.8) is 0 Å². The van der Waals surface area contributed by atoms with Crippen LogP contribution in [0.3, 0.4) is 0 Å². The first-order valence-electron chi connectivity index (χ1n) is 12.4. The van der Waals surface area contributed by atoms with Crippen LogP contribution in [0.5, 0.6) is 0 Å². The van der Waals surface area contributed by atoms with Gasteiger partial charge in [0.05, 0.1) is 6.04 Å². The lowest BCUT2D eigenvalue weighted by atomic mass is 10.0. The molecule has 208 valence electrons. The van der Waals surface area contributed by atoms with Gasteiger partial charge in [-0.2, -0.15) is 11.8 Å². The van der Waals surface area contributed by atoms with E-state index in [2.05, 4.69) is 10.6 Å². The van der Waals surface area contributed by atoms with Crippen molar-refractivity contribution < 1.29 is 29.0 Å². The van der Waals surface area contributed by atoms with Gasteiger partial charge in [-0.3, -0.25) is 4.79 Å². The molecule has 2 aromatic rings. The zero-order valence-corrected chi connectivity index (χ0v) is 23.0. The van der Waals surface area contributed by atoms with Gasteiger partial charge in [0.15, 0.2) is 0 Å². The van der Waals surface area contributed by atoms with Crippen LogP contribution < -0.4 is 16.4 Å². The number of carboxylic acid groups (broad SMARTS) is 1. The number of aliphatic carboxylic acids is 1. The second-order valence-corrected chi connectivity index (χ2v) is 10.0. The summed E-state index contributed by atoms with van der Waals surface area (Å²) in [6, 6.07) is 16.0. The average molecular weight is 546 g/mol. The molecule has 0 saturated heterocycles. The molecule has 10 heteroatoms. The lowest BCUT2D eigenvalue weighted by Crippen LogP contribution is -2.52. The second kappa shape index (κ2) is 18.8. The number of aldehydes is 1. The molecule has 0 bridgehead atoms. The molecule has 0 spiro atoms. The smallest absolute Gasteiger partial charge is 0.408 e. The second-order valence-electron chi connectivity index (χ2n) is 9.06. The first-order valence-corrected chi connectivity index (χ1v) is 13.8. The molecule has 38 heavy (non-hydrogen) atoms. The summed E-state index contributed by atoms with van der Waals surface area (Å²) in [5, 5.41) is 14.6. The molecule has 0 radical (unpaired) electrons. The van der Waals surface area contributed by atoms with Crippen molar-refractivity contribution in [2.45, 2.75) is 57.8 Å². The molecule has 0 fully saturated rings. The van der Waals surface area contributed by atoms with E-state index in [0.717, 1.165) is 29.6 Å². The van der Waals surface area contributed by atoms with E-state index >= 15 is 0 Å². The summed E-state index contributed by atoms with van der Waals surface area (Å²) >= 11 is 1.71. The Bertz CT molecular complexity index is 975. The van der Waals surface area contributed by atoms with Crippen LogP contribution in [0.4, 0.5) is 4.79 Å². The van der Waals surface area contributed by atoms with Crippen molar-refractivity contribution in [1.29, 1.82) is 0 Å². The van der Waals surface area contributed by atoms with Crippen molar-refractivity contribution in [1.82, 2.24) is 10.6 Å². The number of nitrogens with one attached hydrogen (secondary N) is 2. The summed E-state index contributed by atoms with van der Waals surface area (Å²) in [6.45, 7) is 3.90.